The SMILES string of the molecule is COc1ccc(NC(C)=O)c(NC(=O)c2ccc(OC3CCCC3)c(OC)c2)c1. The predicted octanol–water partition coefficient (Wildman–Crippen LogP) is 4.24. The molecule has 2 aromatic carbocycles. The Morgan fingerprint density at radius 1 is 0.897 bits per heavy atom. The number of hydrogen-bond donors (Lipinski definition) is 2. The maximum atomic E-state index is 12.8. The van der Waals surface area contributed by atoms with Crippen LogP contribution < -0.4 is 24.8 Å². The molecule has 0 aromatic heterocycles. The van der Waals surface area contributed by atoms with Gasteiger partial charge in [-0.1, -0.05) is 0 Å². The van der Waals surface area contributed by atoms with Crippen molar-refractivity contribution in [1.29, 1.82) is 0 Å². The second-order valence-electron chi connectivity index (χ2n) is 6.94. The van der Waals surface area contributed by atoms with Gasteiger partial charge in [-0.15, -0.1) is 0 Å². The number of amides is 2. The van der Waals surface area contributed by atoms with Crippen LogP contribution in [0.3, 0.4) is 0 Å². The summed E-state index contributed by atoms with van der Waals surface area (Å²) in [5.41, 5.74) is 1.34. The summed E-state index contributed by atoms with van der Waals surface area (Å²) in [5.74, 6) is 1.14. The van der Waals surface area contributed by atoms with Gasteiger partial charge in [0, 0.05) is 18.6 Å². The average Bonchev–Trinajstić information content (AvgIpc) is 3.22. The first-order valence-electron chi connectivity index (χ1n) is 9.62. The summed E-state index contributed by atoms with van der Waals surface area (Å²) in [5, 5.41) is 5.52. The average molecular weight is 398 g/mol. The van der Waals surface area contributed by atoms with E-state index in [0.29, 0.717) is 34.2 Å². The van der Waals surface area contributed by atoms with E-state index in [1.165, 1.54) is 26.9 Å². The smallest absolute Gasteiger partial charge is 0.255 e. The number of carbonyl (C=O) groups is 2. The molecule has 3 rings (SSSR count). The first-order valence-corrected chi connectivity index (χ1v) is 9.62. The molecule has 1 aliphatic rings. The highest BCUT2D eigenvalue weighted by Crippen LogP contribution is 2.33. The Morgan fingerprint density at radius 2 is 1.66 bits per heavy atom. The van der Waals surface area contributed by atoms with Gasteiger partial charge in [0.1, 0.15) is 5.75 Å². The van der Waals surface area contributed by atoms with Gasteiger partial charge in [-0.3, -0.25) is 9.59 Å². The van der Waals surface area contributed by atoms with Crippen molar-refractivity contribution in [3.8, 4) is 17.2 Å². The molecule has 0 aliphatic heterocycles. The van der Waals surface area contributed by atoms with Gasteiger partial charge in [0.25, 0.3) is 5.91 Å². The fraction of sp³-hybridized carbons (Fsp3) is 0.364. The lowest BCUT2D eigenvalue weighted by Crippen LogP contribution is -2.16. The van der Waals surface area contributed by atoms with Crippen LogP contribution in [0.4, 0.5) is 11.4 Å². The molecule has 1 aliphatic carbocycles. The number of nitrogens with one attached hydrogen (secondary N) is 2. The zero-order chi connectivity index (χ0) is 20.8. The zero-order valence-corrected chi connectivity index (χ0v) is 16.9. The van der Waals surface area contributed by atoms with E-state index in [1.807, 2.05) is 0 Å². The molecule has 0 bridgehead atoms. The molecule has 0 radical (unpaired) electrons. The Labute approximate surface area is 170 Å². The van der Waals surface area contributed by atoms with E-state index in [9.17, 15) is 9.59 Å². The third-order valence-electron chi connectivity index (χ3n) is 4.81. The van der Waals surface area contributed by atoms with Gasteiger partial charge < -0.3 is 24.8 Å². The first-order chi connectivity index (χ1) is 14.0. The number of carbonyl (C=O) groups excluding carboxylic acids is 2. The molecule has 1 saturated carbocycles. The van der Waals surface area contributed by atoms with E-state index in [1.54, 1.807) is 43.5 Å². The van der Waals surface area contributed by atoms with Crippen LogP contribution in [0.5, 0.6) is 17.2 Å². The molecule has 0 atom stereocenters. The standard InChI is InChI=1S/C22H26N2O5/c1-14(25)23-18-10-9-17(27-2)13-19(18)24-22(26)15-8-11-20(21(12-15)28-3)29-16-6-4-5-7-16/h8-13,16H,4-7H2,1-3H3,(H,23,25)(H,24,26). The molecule has 0 unspecified atom stereocenters. The maximum Gasteiger partial charge on any atom is 0.255 e. The number of benzene rings is 2. The molecular weight excluding hydrogens is 372 g/mol. The second-order valence-corrected chi connectivity index (χ2v) is 6.94. The van der Waals surface area contributed by atoms with Gasteiger partial charge in [0.15, 0.2) is 11.5 Å². The van der Waals surface area contributed by atoms with E-state index in [-0.39, 0.29) is 17.9 Å². The van der Waals surface area contributed by atoms with Crippen LogP contribution in [0, 0.1) is 0 Å². The highest BCUT2D eigenvalue weighted by atomic mass is 16.5. The first kappa shape index (κ1) is 20.5. The van der Waals surface area contributed by atoms with Gasteiger partial charge in [-0.2, -0.15) is 0 Å². The number of methoxy groups -OCH3 is 2. The molecule has 2 aromatic rings. The molecule has 2 amide bonds. The van der Waals surface area contributed by atoms with Crippen molar-refractivity contribution in [3.63, 3.8) is 0 Å². The van der Waals surface area contributed by atoms with Gasteiger partial charge in [0.05, 0.1) is 31.7 Å². The fourth-order valence-corrected chi connectivity index (χ4v) is 3.34. The largest absolute Gasteiger partial charge is 0.497 e. The molecule has 154 valence electrons. The van der Waals surface area contributed by atoms with Crippen molar-refractivity contribution in [2.75, 3.05) is 24.9 Å². The van der Waals surface area contributed by atoms with Crippen LogP contribution in [-0.2, 0) is 4.79 Å². The number of ether oxygens (including phenoxy) is 3. The Bertz CT molecular complexity index is 891. The molecule has 0 spiro atoms. The summed E-state index contributed by atoms with van der Waals surface area (Å²) in [7, 11) is 3.09. The summed E-state index contributed by atoms with van der Waals surface area (Å²) in [6.45, 7) is 1.41. The van der Waals surface area contributed by atoms with Gasteiger partial charge in [-0.25, -0.2) is 0 Å². The lowest BCUT2D eigenvalue weighted by molar-refractivity contribution is -0.114. The molecular formula is C22H26N2O5. The Hall–Kier alpha value is -3.22. The van der Waals surface area contributed by atoms with E-state index in [4.69, 9.17) is 14.2 Å². The molecule has 1 fully saturated rings. The third-order valence-corrected chi connectivity index (χ3v) is 4.81. The molecule has 29 heavy (non-hydrogen) atoms. The quantitative estimate of drug-likeness (QED) is 0.729. The van der Waals surface area contributed by atoms with Crippen LogP contribution in [0.15, 0.2) is 36.4 Å². The van der Waals surface area contributed by atoms with Crippen LogP contribution in [0.25, 0.3) is 0 Å². The highest BCUT2D eigenvalue weighted by molar-refractivity contribution is 6.07. The minimum absolute atomic E-state index is 0.195. The van der Waals surface area contributed by atoms with E-state index in [2.05, 4.69) is 10.6 Å². The van der Waals surface area contributed by atoms with Gasteiger partial charge in [-0.05, 0) is 56.0 Å². The number of hydrogen-bond acceptors (Lipinski definition) is 5. The summed E-state index contributed by atoms with van der Waals surface area (Å²) in [6, 6.07) is 10.1. The van der Waals surface area contributed by atoms with Gasteiger partial charge >= 0.3 is 0 Å². The molecule has 0 heterocycles. The van der Waals surface area contributed by atoms with Crippen LogP contribution >= 0.6 is 0 Å². The second kappa shape index (κ2) is 9.32. The van der Waals surface area contributed by atoms with Crippen molar-refractivity contribution < 1.29 is 23.8 Å². The molecule has 0 saturated heterocycles. The van der Waals surface area contributed by atoms with E-state index < -0.39 is 0 Å². The van der Waals surface area contributed by atoms with Gasteiger partial charge in [0.2, 0.25) is 5.91 Å². The highest BCUT2D eigenvalue weighted by Gasteiger charge is 2.20. The van der Waals surface area contributed by atoms with Crippen LogP contribution in [0.1, 0.15) is 43.0 Å². The van der Waals surface area contributed by atoms with Crippen molar-refractivity contribution in [2.45, 2.75) is 38.7 Å². The Morgan fingerprint density at radius 3 is 2.31 bits per heavy atom. The molecule has 7 nitrogen and oxygen atoms in total. The number of anilines is 2. The normalized spacial score (nSPS) is 13.6. The van der Waals surface area contributed by atoms with Crippen LogP contribution in [0.2, 0.25) is 0 Å². The topological polar surface area (TPSA) is 85.9 Å². The van der Waals surface area contributed by atoms with Crippen molar-refractivity contribution in [1.82, 2.24) is 0 Å². The zero-order valence-electron chi connectivity index (χ0n) is 16.9. The lowest BCUT2D eigenvalue weighted by atomic mass is 10.1. The Balaban J connectivity index is 1.80. The van der Waals surface area contributed by atoms with E-state index >= 15 is 0 Å². The van der Waals surface area contributed by atoms with E-state index in [0.717, 1.165) is 12.8 Å². The van der Waals surface area contributed by atoms with Crippen molar-refractivity contribution in [3.05, 3.63) is 42.0 Å². The molecule has 7 heteroatoms. The number of rotatable bonds is 7. The predicted molar refractivity (Wildman–Crippen MR) is 111 cm³/mol. The minimum atomic E-state index is -0.337. The third kappa shape index (κ3) is 5.19. The summed E-state index contributed by atoms with van der Waals surface area (Å²) in [6.07, 6.45) is 4.61. The Kier molecular flexibility index (Phi) is 6.59. The monoisotopic (exact) mass is 398 g/mol. The summed E-state index contributed by atoms with van der Waals surface area (Å²) < 4.78 is 16.7. The van der Waals surface area contributed by atoms with Crippen molar-refractivity contribution in [2.24, 2.45) is 0 Å². The summed E-state index contributed by atoms with van der Waals surface area (Å²) in [4.78, 5) is 24.3. The minimum Gasteiger partial charge on any atom is -0.497 e. The lowest BCUT2D eigenvalue weighted by Gasteiger charge is -2.17. The fourth-order valence-electron chi connectivity index (χ4n) is 3.34. The maximum absolute atomic E-state index is 12.8. The summed E-state index contributed by atoms with van der Waals surface area (Å²) >= 11 is 0. The van der Waals surface area contributed by atoms with Crippen molar-refractivity contribution >= 4 is 23.2 Å². The van der Waals surface area contributed by atoms with Crippen LogP contribution in [-0.4, -0.2) is 32.1 Å². The molecule has 2 N–H and O–H groups in total.